The molecule has 2 N–H and O–H groups in total. The first-order valence-corrected chi connectivity index (χ1v) is 9.82. The van der Waals surface area contributed by atoms with Crippen LogP contribution >= 0.6 is 0 Å². The molecule has 0 spiro atoms. The topological polar surface area (TPSA) is 93.8 Å². The molecule has 2 aromatic heterocycles. The van der Waals surface area contributed by atoms with Crippen molar-refractivity contribution in [1.82, 2.24) is 24.9 Å². The molecular weight excluding hydrogens is 368 g/mol. The standard InChI is InChI=1S/C21H24N6O2/c1-15-10-23-27(12-15)19-8-6-16(7-9-19)21(29)25-18-11-22-26(13-18)14-20(28)24-17-4-2-3-5-17/h6-13,17H,2-5,14H2,1H3,(H,24,28)(H,25,29). The fourth-order valence-corrected chi connectivity index (χ4v) is 3.53. The molecule has 0 atom stereocenters. The number of carbonyl (C=O) groups excluding carboxylic acids is 2. The van der Waals surface area contributed by atoms with Gasteiger partial charge in [0.05, 0.1) is 23.8 Å². The van der Waals surface area contributed by atoms with Gasteiger partial charge in [-0.3, -0.25) is 14.3 Å². The number of anilines is 1. The Hall–Kier alpha value is -3.42. The molecule has 1 saturated carbocycles. The average molecular weight is 392 g/mol. The summed E-state index contributed by atoms with van der Waals surface area (Å²) >= 11 is 0. The Labute approximate surface area is 168 Å². The molecule has 8 heteroatoms. The largest absolute Gasteiger partial charge is 0.352 e. The minimum Gasteiger partial charge on any atom is -0.352 e. The second-order valence-corrected chi connectivity index (χ2v) is 7.44. The molecule has 4 rings (SSSR count). The maximum atomic E-state index is 12.5. The number of nitrogens with one attached hydrogen (secondary N) is 2. The summed E-state index contributed by atoms with van der Waals surface area (Å²) in [6, 6.07) is 7.48. The van der Waals surface area contributed by atoms with E-state index < -0.39 is 0 Å². The smallest absolute Gasteiger partial charge is 0.255 e. The number of carbonyl (C=O) groups is 2. The Morgan fingerprint density at radius 2 is 1.83 bits per heavy atom. The Morgan fingerprint density at radius 1 is 1.07 bits per heavy atom. The van der Waals surface area contributed by atoms with E-state index in [0.29, 0.717) is 11.3 Å². The van der Waals surface area contributed by atoms with Crippen LogP contribution in [-0.2, 0) is 11.3 Å². The van der Waals surface area contributed by atoms with Crippen LogP contribution < -0.4 is 10.6 Å². The lowest BCUT2D eigenvalue weighted by Crippen LogP contribution is -2.35. The third-order valence-corrected chi connectivity index (χ3v) is 5.02. The van der Waals surface area contributed by atoms with E-state index in [2.05, 4.69) is 20.8 Å². The number of hydrogen-bond acceptors (Lipinski definition) is 4. The molecule has 2 heterocycles. The normalized spacial score (nSPS) is 14.1. The first-order valence-electron chi connectivity index (χ1n) is 9.82. The van der Waals surface area contributed by atoms with Gasteiger partial charge in [-0.05, 0) is 49.6 Å². The molecule has 1 aliphatic rings. The minimum absolute atomic E-state index is 0.0534. The van der Waals surface area contributed by atoms with Gasteiger partial charge in [-0.15, -0.1) is 0 Å². The molecule has 29 heavy (non-hydrogen) atoms. The third-order valence-electron chi connectivity index (χ3n) is 5.02. The second kappa shape index (κ2) is 8.30. The molecule has 150 valence electrons. The van der Waals surface area contributed by atoms with E-state index in [4.69, 9.17) is 0 Å². The predicted octanol–water partition coefficient (Wildman–Crippen LogP) is 2.69. The minimum atomic E-state index is -0.233. The van der Waals surface area contributed by atoms with E-state index in [9.17, 15) is 9.59 Å². The van der Waals surface area contributed by atoms with E-state index in [1.54, 1.807) is 35.4 Å². The monoisotopic (exact) mass is 392 g/mol. The van der Waals surface area contributed by atoms with Gasteiger partial charge in [-0.2, -0.15) is 10.2 Å². The zero-order valence-corrected chi connectivity index (χ0v) is 16.3. The first kappa shape index (κ1) is 18.9. The zero-order valence-electron chi connectivity index (χ0n) is 16.3. The lowest BCUT2D eigenvalue weighted by molar-refractivity contribution is -0.122. The van der Waals surface area contributed by atoms with Crippen molar-refractivity contribution in [2.24, 2.45) is 0 Å². The highest BCUT2D eigenvalue weighted by molar-refractivity contribution is 6.04. The van der Waals surface area contributed by atoms with Crippen molar-refractivity contribution in [2.45, 2.75) is 45.2 Å². The van der Waals surface area contributed by atoms with E-state index in [1.807, 2.05) is 25.3 Å². The summed E-state index contributed by atoms with van der Waals surface area (Å²) in [4.78, 5) is 24.6. The molecule has 1 aliphatic carbocycles. The summed E-state index contributed by atoms with van der Waals surface area (Å²) < 4.78 is 3.29. The van der Waals surface area contributed by atoms with Crippen LogP contribution in [0.2, 0.25) is 0 Å². The Kier molecular flexibility index (Phi) is 5.41. The van der Waals surface area contributed by atoms with Gasteiger partial charge in [0.25, 0.3) is 5.91 Å². The fourth-order valence-electron chi connectivity index (χ4n) is 3.53. The molecular formula is C21H24N6O2. The summed E-state index contributed by atoms with van der Waals surface area (Å²) in [5.41, 5.74) is 3.04. The van der Waals surface area contributed by atoms with Crippen LogP contribution in [0.25, 0.3) is 5.69 Å². The summed E-state index contributed by atoms with van der Waals surface area (Å²) in [5, 5.41) is 14.3. The Balaban J connectivity index is 1.33. The molecule has 0 saturated heterocycles. The van der Waals surface area contributed by atoms with E-state index in [-0.39, 0.29) is 24.4 Å². The van der Waals surface area contributed by atoms with Gasteiger partial charge >= 0.3 is 0 Å². The van der Waals surface area contributed by atoms with Gasteiger partial charge in [-0.25, -0.2) is 4.68 Å². The van der Waals surface area contributed by atoms with Crippen molar-refractivity contribution >= 4 is 17.5 Å². The predicted molar refractivity (Wildman–Crippen MR) is 109 cm³/mol. The van der Waals surface area contributed by atoms with Crippen LogP contribution in [0, 0.1) is 6.92 Å². The van der Waals surface area contributed by atoms with Crippen LogP contribution in [0.1, 0.15) is 41.6 Å². The zero-order chi connectivity index (χ0) is 20.2. The molecule has 0 aliphatic heterocycles. The Bertz CT molecular complexity index is 998. The van der Waals surface area contributed by atoms with Crippen LogP contribution in [0.4, 0.5) is 5.69 Å². The Morgan fingerprint density at radius 3 is 2.52 bits per heavy atom. The van der Waals surface area contributed by atoms with Gasteiger partial charge in [-0.1, -0.05) is 12.8 Å². The third kappa shape index (κ3) is 4.71. The van der Waals surface area contributed by atoms with Crippen molar-refractivity contribution in [1.29, 1.82) is 0 Å². The van der Waals surface area contributed by atoms with Gasteiger partial charge in [0.15, 0.2) is 0 Å². The van der Waals surface area contributed by atoms with Crippen LogP contribution in [-0.4, -0.2) is 37.4 Å². The van der Waals surface area contributed by atoms with Crippen molar-refractivity contribution in [2.75, 3.05) is 5.32 Å². The molecule has 0 bridgehead atoms. The molecule has 8 nitrogen and oxygen atoms in total. The van der Waals surface area contributed by atoms with E-state index >= 15 is 0 Å². The van der Waals surface area contributed by atoms with Gasteiger partial charge < -0.3 is 10.6 Å². The number of amides is 2. The van der Waals surface area contributed by atoms with Crippen molar-refractivity contribution in [3.05, 3.63) is 60.2 Å². The maximum Gasteiger partial charge on any atom is 0.255 e. The SMILES string of the molecule is Cc1cnn(-c2ccc(C(=O)Nc3cnn(CC(=O)NC4CCCC4)c3)cc2)c1. The quantitative estimate of drug-likeness (QED) is 0.674. The maximum absolute atomic E-state index is 12.5. The number of aromatic nitrogens is 4. The van der Waals surface area contributed by atoms with Crippen molar-refractivity contribution in [3.8, 4) is 5.69 Å². The van der Waals surface area contributed by atoms with Crippen LogP contribution in [0.5, 0.6) is 0 Å². The van der Waals surface area contributed by atoms with Crippen LogP contribution in [0.15, 0.2) is 49.1 Å². The lowest BCUT2D eigenvalue weighted by atomic mass is 10.2. The summed E-state index contributed by atoms with van der Waals surface area (Å²) in [7, 11) is 0. The molecule has 1 aromatic carbocycles. The lowest BCUT2D eigenvalue weighted by Gasteiger charge is -2.11. The summed E-state index contributed by atoms with van der Waals surface area (Å²) in [6.45, 7) is 2.12. The molecule has 0 radical (unpaired) electrons. The number of benzene rings is 1. The average Bonchev–Trinajstić information content (AvgIpc) is 3.45. The first-order chi connectivity index (χ1) is 14.1. The fraction of sp³-hybridized carbons (Fsp3) is 0.333. The number of aryl methyl sites for hydroxylation is 1. The molecule has 2 amide bonds. The van der Waals surface area contributed by atoms with Crippen LogP contribution in [0.3, 0.4) is 0 Å². The molecule has 1 fully saturated rings. The summed E-state index contributed by atoms with van der Waals surface area (Å²) in [6.07, 6.45) is 11.3. The van der Waals surface area contributed by atoms with Gasteiger partial charge in [0.2, 0.25) is 5.91 Å². The number of rotatable bonds is 6. The van der Waals surface area contributed by atoms with E-state index in [1.165, 1.54) is 17.5 Å². The van der Waals surface area contributed by atoms with Crippen molar-refractivity contribution < 1.29 is 9.59 Å². The number of nitrogens with zero attached hydrogens (tertiary/aromatic N) is 4. The number of hydrogen-bond donors (Lipinski definition) is 2. The highest BCUT2D eigenvalue weighted by Crippen LogP contribution is 2.17. The highest BCUT2D eigenvalue weighted by atomic mass is 16.2. The van der Waals surface area contributed by atoms with E-state index in [0.717, 1.165) is 24.1 Å². The highest BCUT2D eigenvalue weighted by Gasteiger charge is 2.17. The van der Waals surface area contributed by atoms with Gasteiger partial charge in [0.1, 0.15) is 6.54 Å². The second-order valence-electron chi connectivity index (χ2n) is 7.44. The molecule has 3 aromatic rings. The summed E-state index contributed by atoms with van der Waals surface area (Å²) in [5.74, 6) is -0.287. The molecule has 0 unspecified atom stereocenters. The van der Waals surface area contributed by atoms with Crippen molar-refractivity contribution in [3.63, 3.8) is 0 Å². The van der Waals surface area contributed by atoms with Gasteiger partial charge in [0, 0.05) is 24.0 Å².